The van der Waals surface area contributed by atoms with Gasteiger partial charge in [-0.25, -0.2) is 0 Å². The van der Waals surface area contributed by atoms with E-state index in [4.69, 9.17) is 0 Å². The molecule has 2 nitrogen and oxygen atoms in total. The van der Waals surface area contributed by atoms with Crippen LogP contribution in [0.15, 0.2) is 0 Å². The predicted molar refractivity (Wildman–Crippen MR) is 59.1 cm³/mol. The Morgan fingerprint density at radius 3 is 2.36 bits per heavy atom. The lowest BCUT2D eigenvalue weighted by atomic mass is 9.81. The van der Waals surface area contributed by atoms with Gasteiger partial charge in [0, 0.05) is 12.5 Å². The molecule has 0 aromatic rings. The van der Waals surface area contributed by atoms with Gasteiger partial charge in [0.25, 0.3) is 0 Å². The fourth-order valence-corrected chi connectivity index (χ4v) is 2.64. The molecule has 0 heterocycles. The number of amides is 1. The third kappa shape index (κ3) is 4.12. The van der Waals surface area contributed by atoms with Gasteiger partial charge in [-0.05, 0) is 26.2 Å². The smallest absolute Gasteiger partial charge is 0.217 e. The van der Waals surface area contributed by atoms with E-state index in [-0.39, 0.29) is 11.4 Å². The molecule has 82 valence electrons. The molecule has 0 radical (unpaired) electrons. The van der Waals surface area contributed by atoms with Gasteiger partial charge in [0.2, 0.25) is 5.91 Å². The van der Waals surface area contributed by atoms with Crippen LogP contribution in [-0.4, -0.2) is 11.4 Å². The molecule has 1 amide bonds. The van der Waals surface area contributed by atoms with Gasteiger partial charge in [-0.1, -0.05) is 32.1 Å². The van der Waals surface area contributed by atoms with Gasteiger partial charge in [-0.15, -0.1) is 0 Å². The van der Waals surface area contributed by atoms with Crippen molar-refractivity contribution in [2.45, 2.75) is 64.8 Å². The van der Waals surface area contributed by atoms with Crippen LogP contribution >= 0.6 is 0 Å². The highest BCUT2D eigenvalue weighted by atomic mass is 16.1. The maximum atomic E-state index is 11.0. The summed E-state index contributed by atoms with van der Waals surface area (Å²) in [4.78, 5) is 11.0. The van der Waals surface area contributed by atoms with Crippen LogP contribution in [0.2, 0.25) is 0 Å². The van der Waals surface area contributed by atoms with Crippen molar-refractivity contribution in [3.63, 3.8) is 0 Å². The fourth-order valence-electron chi connectivity index (χ4n) is 2.64. The monoisotopic (exact) mass is 197 g/mol. The van der Waals surface area contributed by atoms with Crippen molar-refractivity contribution in [3.8, 4) is 0 Å². The normalized spacial score (nSPS) is 19.4. The van der Waals surface area contributed by atoms with Crippen LogP contribution in [0.25, 0.3) is 0 Å². The van der Waals surface area contributed by atoms with Gasteiger partial charge in [0.05, 0.1) is 0 Å². The lowest BCUT2D eigenvalue weighted by Gasteiger charge is -2.32. The SMILES string of the molecule is CC(=O)NC(C)(C)CC1CCCCC1. The molecule has 0 bridgehead atoms. The summed E-state index contributed by atoms with van der Waals surface area (Å²) in [5.41, 5.74) is -0.0200. The Morgan fingerprint density at radius 2 is 1.86 bits per heavy atom. The molecule has 14 heavy (non-hydrogen) atoms. The highest BCUT2D eigenvalue weighted by molar-refractivity contribution is 5.73. The Hall–Kier alpha value is -0.530. The second kappa shape index (κ2) is 4.81. The largest absolute Gasteiger partial charge is 0.351 e. The van der Waals surface area contributed by atoms with Crippen molar-refractivity contribution in [2.75, 3.05) is 0 Å². The second-order valence-electron chi connectivity index (χ2n) is 5.27. The fraction of sp³-hybridized carbons (Fsp3) is 0.917. The summed E-state index contributed by atoms with van der Waals surface area (Å²) in [5.74, 6) is 0.913. The van der Waals surface area contributed by atoms with E-state index in [1.165, 1.54) is 32.1 Å². The molecule has 1 aliphatic carbocycles. The number of nitrogens with one attached hydrogen (secondary N) is 1. The van der Waals surface area contributed by atoms with Gasteiger partial charge in [0.15, 0.2) is 0 Å². The lowest BCUT2D eigenvalue weighted by molar-refractivity contribution is -0.120. The first-order valence-corrected chi connectivity index (χ1v) is 5.78. The third-order valence-electron chi connectivity index (χ3n) is 3.04. The van der Waals surface area contributed by atoms with Crippen molar-refractivity contribution < 1.29 is 4.79 Å². The summed E-state index contributed by atoms with van der Waals surface area (Å²) in [6.07, 6.45) is 7.98. The summed E-state index contributed by atoms with van der Waals surface area (Å²) >= 11 is 0. The van der Waals surface area contributed by atoms with Gasteiger partial charge in [0.1, 0.15) is 0 Å². The van der Waals surface area contributed by atoms with Crippen LogP contribution in [0.4, 0.5) is 0 Å². The maximum absolute atomic E-state index is 11.0. The third-order valence-corrected chi connectivity index (χ3v) is 3.04. The van der Waals surface area contributed by atoms with Crippen LogP contribution in [-0.2, 0) is 4.79 Å². The zero-order chi connectivity index (χ0) is 10.6. The van der Waals surface area contributed by atoms with Crippen LogP contribution in [0, 0.1) is 5.92 Å². The number of carbonyl (C=O) groups excluding carboxylic acids is 1. The van der Waals surface area contributed by atoms with Crippen LogP contribution in [0.5, 0.6) is 0 Å². The minimum Gasteiger partial charge on any atom is -0.351 e. The van der Waals surface area contributed by atoms with Crippen molar-refractivity contribution in [3.05, 3.63) is 0 Å². The first-order chi connectivity index (χ1) is 6.49. The number of hydrogen-bond donors (Lipinski definition) is 1. The Kier molecular flexibility index (Phi) is 3.97. The van der Waals surface area contributed by atoms with Crippen LogP contribution < -0.4 is 5.32 Å². The Bertz CT molecular complexity index is 192. The standard InChI is InChI=1S/C12H23NO/c1-10(14)13-12(2,3)9-11-7-5-4-6-8-11/h11H,4-9H2,1-3H3,(H,13,14). The quantitative estimate of drug-likeness (QED) is 0.740. The number of hydrogen-bond acceptors (Lipinski definition) is 1. The molecule has 0 aromatic carbocycles. The van der Waals surface area contributed by atoms with E-state index in [1.54, 1.807) is 6.92 Å². The van der Waals surface area contributed by atoms with Gasteiger partial charge >= 0.3 is 0 Å². The first kappa shape index (κ1) is 11.5. The maximum Gasteiger partial charge on any atom is 0.217 e. The average molecular weight is 197 g/mol. The summed E-state index contributed by atoms with van der Waals surface area (Å²) in [6, 6.07) is 0. The summed E-state index contributed by atoms with van der Waals surface area (Å²) in [7, 11) is 0. The molecule has 0 aromatic heterocycles. The summed E-state index contributed by atoms with van der Waals surface area (Å²) < 4.78 is 0. The zero-order valence-corrected chi connectivity index (χ0v) is 9.73. The number of carbonyl (C=O) groups is 1. The molecule has 2 heteroatoms. The molecule has 0 aliphatic heterocycles. The lowest BCUT2D eigenvalue weighted by Crippen LogP contribution is -2.43. The predicted octanol–water partition coefficient (Wildman–Crippen LogP) is 2.87. The van der Waals surface area contributed by atoms with Crippen LogP contribution in [0.1, 0.15) is 59.3 Å². The molecule has 1 rings (SSSR count). The second-order valence-corrected chi connectivity index (χ2v) is 5.27. The van der Waals surface area contributed by atoms with E-state index >= 15 is 0 Å². The average Bonchev–Trinajstić information content (AvgIpc) is 2.02. The van der Waals surface area contributed by atoms with E-state index in [0.29, 0.717) is 0 Å². The van der Waals surface area contributed by atoms with Gasteiger partial charge in [-0.3, -0.25) is 4.79 Å². The van der Waals surface area contributed by atoms with E-state index in [0.717, 1.165) is 12.3 Å². The molecular weight excluding hydrogens is 174 g/mol. The van der Waals surface area contributed by atoms with E-state index in [1.807, 2.05) is 0 Å². The van der Waals surface area contributed by atoms with Crippen molar-refractivity contribution >= 4 is 5.91 Å². The summed E-state index contributed by atoms with van der Waals surface area (Å²) in [5, 5.41) is 3.03. The van der Waals surface area contributed by atoms with Gasteiger partial charge in [-0.2, -0.15) is 0 Å². The Balaban J connectivity index is 2.36. The molecule has 0 spiro atoms. The summed E-state index contributed by atoms with van der Waals surface area (Å²) in [6.45, 7) is 5.86. The molecule has 0 unspecified atom stereocenters. The van der Waals surface area contributed by atoms with Crippen molar-refractivity contribution in [2.24, 2.45) is 5.92 Å². The Labute approximate surface area is 87.5 Å². The minimum atomic E-state index is -0.0200. The number of rotatable bonds is 3. The van der Waals surface area contributed by atoms with E-state index < -0.39 is 0 Å². The van der Waals surface area contributed by atoms with Crippen LogP contribution in [0.3, 0.4) is 0 Å². The van der Waals surface area contributed by atoms with Crippen molar-refractivity contribution in [1.29, 1.82) is 0 Å². The molecule has 1 fully saturated rings. The molecule has 1 saturated carbocycles. The Morgan fingerprint density at radius 1 is 1.29 bits per heavy atom. The molecule has 0 atom stereocenters. The topological polar surface area (TPSA) is 29.1 Å². The highest BCUT2D eigenvalue weighted by Gasteiger charge is 2.24. The zero-order valence-electron chi connectivity index (χ0n) is 9.73. The molecular formula is C12H23NO. The van der Waals surface area contributed by atoms with Crippen molar-refractivity contribution in [1.82, 2.24) is 5.32 Å². The highest BCUT2D eigenvalue weighted by Crippen LogP contribution is 2.30. The first-order valence-electron chi connectivity index (χ1n) is 5.78. The van der Waals surface area contributed by atoms with E-state index in [9.17, 15) is 4.79 Å². The minimum absolute atomic E-state index is 0.0200. The molecule has 1 N–H and O–H groups in total. The molecule has 0 saturated heterocycles. The van der Waals surface area contributed by atoms with Gasteiger partial charge < -0.3 is 5.32 Å². The molecule has 1 aliphatic rings. The van der Waals surface area contributed by atoms with E-state index in [2.05, 4.69) is 19.2 Å².